The molecule has 0 atom stereocenters. The van der Waals surface area contributed by atoms with Gasteiger partial charge in [0.05, 0.1) is 11.4 Å². The Kier molecular flexibility index (Phi) is 7.49. The van der Waals surface area contributed by atoms with Crippen LogP contribution in [-0.4, -0.2) is 19.7 Å². The van der Waals surface area contributed by atoms with E-state index in [2.05, 4.69) is 5.32 Å². The van der Waals surface area contributed by atoms with Crippen LogP contribution >= 0.6 is 24.0 Å². The van der Waals surface area contributed by atoms with Crippen LogP contribution < -0.4 is 10.9 Å². The van der Waals surface area contributed by atoms with Gasteiger partial charge in [-0.15, -0.1) is 0 Å². The number of pyridine rings is 1. The van der Waals surface area contributed by atoms with E-state index in [1.54, 1.807) is 22.5 Å². The third-order valence-corrected chi connectivity index (χ3v) is 7.20. The van der Waals surface area contributed by atoms with E-state index in [9.17, 15) is 14.9 Å². The minimum absolute atomic E-state index is 0.0723. The SMILES string of the molecule is CCn1c(NCc2ccccc2)c(/C=C2/SC(=S)N(Cc3ccccc3)C2=O)c(C)c(C#N)c1=O. The van der Waals surface area contributed by atoms with Crippen molar-refractivity contribution >= 4 is 46.1 Å². The smallest absolute Gasteiger partial charge is 0.270 e. The number of nitrogens with one attached hydrogen (secondary N) is 1. The van der Waals surface area contributed by atoms with Gasteiger partial charge in [0, 0.05) is 18.7 Å². The molecule has 6 nitrogen and oxygen atoms in total. The fraction of sp³-hybridized carbons (Fsp3) is 0.185. The first-order chi connectivity index (χ1) is 16.9. The lowest BCUT2D eigenvalue weighted by molar-refractivity contribution is -0.122. The molecule has 2 aromatic carbocycles. The highest BCUT2D eigenvalue weighted by atomic mass is 32.2. The summed E-state index contributed by atoms with van der Waals surface area (Å²) >= 11 is 6.74. The molecule has 0 unspecified atom stereocenters. The highest BCUT2D eigenvalue weighted by Gasteiger charge is 2.32. The standard InChI is InChI=1S/C27H24N4O2S2/c1-3-30-24(29-16-19-10-6-4-7-11-19)21(18(2)22(15-28)25(30)32)14-23-26(33)31(27(34)35-23)17-20-12-8-5-9-13-20/h4-14,29H,3,16-17H2,1-2H3/b23-14+. The molecule has 1 saturated heterocycles. The second kappa shape index (κ2) is 10.7. The summed E-state index contributed by atoms with van der Waals surface area (Å²) in [6.07, 6.45) is 1.75. The van der Waals surface area contributed by atoms with Crippen LogP contribution in [0.25, 0.3) is 6.08 Å². The van der Waals surface area contributed by atoms with E-state index in [0.717, 1.165) is 11.1 Å². The van der Waals surface area contributed by atoms with Gasteiger partial charge in [0.1, 0.15) is 21.8 Å². The Morgan fingerprint density at radius 2 is 1.69 bits per heavy atom. The average Bonchev–Trinajstić information content (AvgIpc) is 3.13. The number of nitriles is 1. The number of anilines is 1. The maximum absolute atomic E-state index is 13.3. The number of carbonyl (C=O) groups excluding carboxylic acids is 1. The lowest BCUT2D eigenvalue weighted by Gasteiger charge is -2.19. The van der Waals surface area contributed by atoms with Crippen LogP contribution in [0.4, 0.5) is 5.82 Å². The van der Waals surface area contributed by atoms with E-state index < -0.39 is 0 Å². The van der Waals surface area contributed by atoms with Crippen molar-refractivity contribution in [1.82, 2.24) is 9.47 Å². The first-order valence-electron chi connectivity index (χ1n) is 11.2. The molecule has 0 saturated carbocycles. The Morgan fingerprint density at radius 1 is 1.06 bits per heavy atom. The normalized spacial score (nSPS) is 14.4. The van der Waals surface area contributed by atoms with Gasteiger partial charge in [-0.25, -0.2) is 0 Å². The second-order valence-electron chi connectivity index (χ2n) is 8.02. The van der Waals surface area contributed by atoms with Crippen molar-refractivity contribution in [2.24, 2.45) is 0 Å². The van der Waals surface area contributed by atoms with E-state index in [0.29, 0.717) is 45.8 Å². The summed E-state index contributed by atoms with van der Waals surface area (Å²) in [6.45, 7) is 4.85. The topological polar surface area (TPSA) is 78.1 Å². The van der Waals surface area contributed by atoms with Gasteiger partial charge in [0.2, 0.25) is 0 Å². The van der Waals surface area contributed by atoms with Crippen molar-refractivity contribution in [3.05, 3.63) is 104 Å². The summed E-state index contributed by atoms with van der Waals surface area (Å²) in [7, 11) is 0. The van der Waals surface area contributed by atoms with Crippen LogP contribution in [0.3, 0.4) is 0 Å². The van der Waals surface area contributed by atoms with Gasteiger partial charge in [0.25, 0.3) is 11.5 Å². The molecule has 2 heterocycles. The summed E-state index contributed by atoms with van der Waals surface area (Å²) < 4.78 is 2.02. The molecule has 1 amide bonds. The molecule has 0 aliphatic carbocycles. The molecule has 4 rings (SSSR count). The van der Waals surface area contributed by atoms with E-state index in [4.69, 9.17) is 12.2 Å². The summed E-state index contributed by atoms with van der Waals surface area (Å²) in [4.78, 5) is 28.4. The van der Waals surface area contributed by atoms with Gasteiger partial charge < -0.3 is 5.32 Å². The van der Waals surface area contributed by atoms with Crippen molar-refractivity contribution in [2.75, 3.05) is 5.32 Å². The Hall–Kier alpha value is -3.67. The maximum atomic E-state index is 13.3. The molecular formula is C27H24N4O2S2. The number of thiocarbonyl (C=S) groups is 1. The number of aromatic nitrogens is 1. The largest absolute Gasteiger partial charge is 0.367 e. The Morgan fingerprint density at radius 3 is 2.29 bits per heavy atom. The number of thioether (sulfide) groups is 1. The van der Waals surface area contributed by atoms with Crippen LogP contribution in [0, 0.1) is 18.3 Å². The number of hydrogen-bond donors (Lipinski definition) is 1. The molecule has 8 heteroatoms. The minimum Gasteiger partial charge on any atom is -0.367 e. The predicted molar refractivity (Wildman–Crippen MR) is 145 cm³/mol. The van der Waals surface area contributed by atoms with Gasteiger partial charge in [-0.3, -0.25) is 19.1 Å². The molecule has 1 aromatic heterocycles. The molecule has 1 aliphatic heterocycles. The van der Waals surface area contributed by atoms with Crippen molar-refractivity contribution in [3.63, 3.8) is 0 Å². The lowest BCUT2D eigenvalue weighted by atomic mass is 10.0. The highest BCUT2D eigenvalue weighted by Crippen LogP contribution is 2.35. The first-order valence-corrected chi connectivity index (χ1v) is 12.4. The monoisotopic (exact) mass is 500 g/mol. The van der Waals surface area contributed by atoms with Crippen LogP contribution in [0.1, 0.15) is 34.7 Å². The van der Waals surface area contributed by atoms with Crippen molar-refractivity contribution in [1.29, 1.82) is 5.26 Å². The van der Waals surface area contributed by atoms with Crippen LogP contribution in [0.15, 0.2) is 70.4 Å². The second-order valence-corrected chi connectivity index (χ2v) is 9.69. The molecule has 0 bridgehead atoms. The van der Waals surface area contributed by atoms with Gasteiger partial charge in [-0.1, -0.05) is 84.6 Å². The Labute approximate surface area is 213 Å². The molecule has 176 valence electrons. The summed E-state index contributed by atoms with van der Waals surface area (Å²) in [6, 6.07) is 21.6. The van der Waals surface area contributed by atoms with Gasteiger partial charge in [0.15, 0.2) is 0 Å². The molecule has 0 spiro atoms. The third-order valence-electron chi connectivity index (χ3n) is 5.83. The molecule has 1 aliphatic rings. The van der Waals surface area contributed by atoms with Crippen molar-refractivity contribution in [2.45, 2.75) is 33.5 Å². The number of nitrogens with zero attached hydrogens (tertiary/aromatic N) is 3. The number of carbonyl (C=O) groups is 1. The van der Waals surface area contributed by atoms with E-state index in [1.807, 2.05) is 73.7 Å². The zero-order chi connectivity index (χ0) is 24.9. The summed E-state index contributed by atoms with van der Waals surface area (Å²) in [5.41, 5.74) is 2.92. The zero-order valence-electron chi connectivity index (χ0n) is 19.4. The van der Waals surface area contributed by atoms with Crippen molar-refractivity contribution in [3.8, 4) is 6.07 Å². The Balaban J connectivity index is 1.76. The quantitative estimate of drug-likeness (QED) is 0.361. The Bertz CT molecular complexity index is 1410. The fourth-order valence-corrected chi connectivity index (χ4v) is 5.21. The molecule has 35 heavy (non-hydrogen) atoms. The van der Waals surface area contributed by atoms with Gasteiger partial charge in [-0.05, 0) is 36.6 Å². The fourth-order valence-electron chi connectivity index (χ4n) is 3.97. The molecular weight excluding hydrogens is 476 g/mol. The maximum Gasteiger partial charge on any atom is 0.270 e. The van der Waals surface area contributed by atoms with Crippen molar-refractivity contribution < 1.29 is 4.79 Å². The number of rotatable bonds is 7. The lowest BCUT2D eigenvalue weighted by Crippen LogP contribution is -2.28. The van der Waals surface area contributed by atoms with Crippen LogP contribution in [0.2, 0.25) is 0 Å². The van der Waals surface area contributed by atoms with E-state index >= 15 is 0 Å². The van der Waals surface area contributed by atoms with E-state index in [1.165, 1.54) is 11.8 Å². The van der Waals surface area contributed by atoms with Crippen LogP contribution in [-0.2, 0) is 24.4 Å². The number of hydrogen-bond acceptors (Lipinski definition) is 6. The minimum atomic E-state index is -0.350. The summed E-state index contributed by atoms with van der Waals surface area (Å²) in [5, 5.41) is 13.1. The molecule has 1 N–H and O–H groups in total. The summed E-state index contributed by atoms with van der Waals surface area (Å²) in [5.74, 6) is 0.385. The van der Waals surface area contributed by atoms with Crippen LogP contribution in [0.5, 0.6) is 0 Å². The van der Waals surface area contributed by atoms with Gasteiger partial charge in [-0.2, -0.15) is 5.26 Å². The predicted octanol–water partition coefficient (Wildman–Crippen LogP) is 5.06. The number of amides is 1. The molecule has 0 radical (unpaired) electrons. The average molecular weight is 501 g/mol. The molecule has 3 aromatic rings. The first kappa shape index (κ1) is 24.5. The molecule has 1 fully saturated rings. The van der Waals surface area contributed by atoms with E-state index in [-0.39, 0.29) is 17.0 Å². The highest BCUT2D eigenvalue weighted by molar-refractivity contribution is 8.26. The third kappa shape index (κ3) is 5.06. The zero-order valence-corrected chi connectivity index (χ0v) is 21.1. The number of benzene rings is 2. The van der Waals surface area contributed by atoms with Gasteiger partial charge >= 0.3 is 0 Å².